The van der Waals surface area contributed by atoms with Gasteiger partial charge in [0.15, 0.2) is 0 Å². The zero-order valence-electron chi connectivity index (χ0n) is 13.0. The highest BCUT2D eigenvalue weighted by molar-refractivity contribution is 5.89. The van der Waals surface area contributed by atoms with Crippen molar-refractivity contribution in [3.8, 4) is 0 Å². The second kappa shape index (κ2) is 9.04. The van der Waals surface area contributed by atoms with Crippen LogP contribution in [-0.2, 0) is 9.47 Å². The molecule has 0 aliphatic heterocycles. The van der Waals surface area contributed by atoms with Crippen LogP contribution in [0, 0.1) is 5.41 Å². The topological polar surface area (TPSA) is 84.9 Å². The van der Waals surface area contributed by atoms with Crippen LogP contribution in [0.25, 0.3) is 0 Å². The minimum atomic E-state index is -0.565. The second-order valence-corrected chi connectivity index (χ2v) is 5.64. The first-order valence-electron chi connectivity index (χ1n) is 7.18. The molecule has 22 heavy (non-hydrogen) atoms. The van der Waals surface area contributed by atoms with Gasteiger partial charge in [-0.1, -0.05) is 32.0 Å². The number of aliphatic hydroxyl groups is 1. The van der Waals surface area contributed by atoms with E-state index in [1.54, 1.807) is 24.3 Å². The summed E-state index contributed by atoms with van der Waals surface area (Å²) in [5.41, 5.74) is 0.219. The highest BCUT2D eigenvalue weighted by Crippen LogP contribution is 2.17. The monoisotopic (exact) mass is 309 g/mol. The fourth-order valence-electron chi connectivity index (χ4n) is 1.56. The largest absolute Gasteiger partial charge is 0.458 e. The Labute approximate surface area is 130 Å². The Morgan fingerprint density at radius 1 is 1.14 bits per heavy atom. The minimum Gasteiger partial charge on any atom is -0.458 e. The Bertz CT molecular complexity index is 473. The number of aliphatic hydroxyl groups excluding tert-OH is 1. The van der Waals surface area contributed by atoms with Crippen molar-refractivity contribution in [2.45, 2.75) is 20.3 Å². The quantitative estimate of drug-likeness (QED) is 0.566. The van der Waals surface area contributed by atoms with Crippen LogP contribution in [0.1, 0.15) is 30.6 Å². The second-order valence-electron chi connectivity index (χ2n) is 5.64. The molecule has 122 valence electrons. The molecule has 0 atom stereocenters. The van der Waals surface area contributed by atoms with Crippen molar-refractivity contribution in [1.29, 1.82) is 0 Å². The summed E-state index contributed by atoms with van der Waals surface area (Å²) >= 11 is 0. The van der Waals surface area contributed by atoms with Gasteiger partial charge in [0.2, 0.25) is 0 Å². The molecule has 0 unspecified atom stereocenters. The van der Waals surface area contributed by atoms with Crippen LogP contribution in [-0.4, -0.2) is 43.5 Å². The Kier molecular flexibility index (Phi) is 7.39. The van der Waals surface area contributed by atoms with Crippen molar-refractivity contribution >= 4 is 12.1 Å². The molecule has 0 radical (unpaired) electrons. The van der Waals surface area contributed by atoms with E-state index in [2.05, 4.69) is 5.32 Å². The van der Waals surface area contributed by atoms with E-state index in [-0.39, 0.29) is 25.2 Å². The van der Waals surface area contributed by atoms with Gasteiger partial charge in [-0.2, -0.15) is 0 Å². The van der Waals surface area contributed by atoms with Gasteiger partial charge < -0.3 is 19.9 Å². The summed E-state index contributed by atoms with van der Waals surface area (Å²) in [7, 11) is 0. The van der Waals surface area contributed by atoms with E-state index >= 15 is 0 Å². The molecular formula is C16H23NO5. The fourth-order valence-corrected chi connectivity index (χ4v) is 1.56. The number of carbonyl (C=O) groups excluding carboxylic acids is 2. The molecule has 0 heterocycles. The summed E-state index contributed by atoms with van der Waals surface area (Å²) in [6.07, 6.45) is 0.0752. The van der Waals surface area contributed by atoms with Crippen molar-refractivity contribution in [1.82, 2.24) is 5.32 Å². The third-order valence-electron chi connectivity index (χ3n) is 3.06. The first-order chi connectivity index (χ1) is 10.4. The zero-order chi connectivity index (χ0) is 16.4. The van der Waals surface area contributed by atoms with Crippen LogP contribution < -0.4 is 5.32 Å². The van der Waals surface area contributed by atoms with Crippen LogP contribution in [0.3, 0.4) is 0 Å². The van der Waals surface area contributed by atoms with Gasteiger partial charge >= 0.3 is 12.1 Å². The van der Waals surface area contributed by atoms with Crippen molar-refractivity contribution in [2.24, 2.45) is 5.41 Å². The van der Waals surface area contributed by atoms with Gasteiger partial charge in [-0.05, 0) is 24.0 Å². The van der Waals surface area contributed by atoms with Gasteiger partial charge in [0.25, 0.3) is 0 Å². The molecule has 0 aliphatic carbocycles. The van der Waals surface area contributed by atoms with E-state index in [0.29, 0.717) is 18.5 Å². The average Bonchev–Trinajstić information content (AvgIpc) is 2.52. The molecule has 0 bridgehead atoms. The molecule has 0 spiro atoms. The van der Waals surface area contributed by atoms with Gasteiger partial charge in [-0.25, -0.2) is 9.59 Å². The molecule has 0 saturated heterocycles. The van der Waals surface area contributed by atoms with E-state index < -0.39 is 12.1 Å². The SMILES string of the molecule is CC(C)(CO)CCNC(=O)OCCOC(=O)c1ccccc1. The van der Waals surface area contributed by atoms with Crippen molar-refractivity contribution < 1.29 is 24.2 Å². The molecule has 0 aromatic heterocycles. The van der Waals surface area contributed by atoms with Crippen LogP contribution in [0.15, 0.2) is 30.3 Å². The predicted molar refractivity (Wildman–Crippen MR) is 81.6 cm³/mol. The summed E-state index contributed by atoms with van der Waals surface area (Å²) in [5.74, 6) is -0.450. The number of amides is 1. The molecule has 6 heteroatoms. The van der Waals surface area contributed by atoms with Gasteiger partial charge in [-0.3, -0.25) is 0 Å². The minimum absolute atomic E-state index is 0.00325. The molecule has 2 N–H and O–H groups in total. The van der Waals surface area contributed by atoms with Crippen LogP contribution in [0.4, 0.5) is 4.79 Å². The number of hydrogen-bond acceptors (Lipinski definition) is 5. The number of carbonyl (C=O) groups is 2. The molecule has 0 aliphatic rings. The summed E-state index contributed by atoms with van der Waals surface area (Å²) < 4.78 is 9.86. The van der Waals surface area contributed by atoms with E-state index in [4.69, 9.17) is 14.6 Å². The maximum Gasteiger partial charge on any atom is 0.407 e. The summed E-state index contributed by atoms with van der Waals surface area (Å²) in [4.78, 5) is 23.0. The van der Waals surface area contributed by atoms with Crippen molar-refractivity contribution in [3.05, 3.63) is 35.9 Å². The van der Waals surface area contributed by atoms with Crippen LogP contribution in [0.2, 0.25) is 0 Å². The third kappa shape index (κ3) is 7.08. The summed E-state index contributed by atoms with van der Waals surface area (Å²) in [5, 5.41) is 11.7. The van der Waals surface area contributed by atoms with E-state index in [1.165, 1.54) is 0 Å². The van der Waals surface area contributed by atoms with Crippen LogP contribution >= 0.6 is 0 Å². The Morgan fingerprint density at radius 3 is 2.41 bits per heavy atom. The lowest BCUT2D eigenvalue weighted by molar-refractivity contribution is 0.0400. The van der Waals surface area contributed by atoms with Gasteiger partial charge in [0.05, 0.1) is 5.56 Å². The summed E-state index contributed by atoms with van der Waals surface area (Å²) in [6, 6.07) is 8.60. The first-order valence-corrected chi connectivity index (χ1v) is 7.18. The number of hydrogen-bond donors (Lipinski definition) is 2. The molecule has 6 nitrogen and oxygen atoms in total. The smallest absolute Gasteiger partial charge is 0.407 e. The molecule has 0 saturated carbocycles. The number of esters is 1. The Morgan fingerprint density at radius 2 is 1.77 bits per heavy atom. The lowest BCUT2D eigenvalue weighted by Crippen LogP contribution is -2.30. The standard InChI is InChI=1S/C16H23NO5/c1-16(2,12-18)8-9-17-15(20)22-11-10-21-14(19)13-6-4-3-5-7-13/h3-7,18H,8-12H2,1-2H3,(H,17,20). The molecule has 1 amide bonds. The molecule has 1 aromatic carbocycles. The van der Waals surface area contributed by atoms with Crippen LogP contribution in [0.5, 0.6) is 0 Å². The Balaban J connectivity index is 2.12. The molecule has 1 aromatic rings. The van der Waals surface area contributed by atoms with E-state index in [1.807, 2.05) is 19.9 Å². The maximum atomic E-state index is 11.6. The summed E-state index contributed by atoms with van der Waals surface area (Å²) in [6.45, 7) is 4.28. The average molecular weight is 309 g/mol. The molecule has 1 rings (SSSR count). The first kappa shape index (κ1) is 18.0. The third-order valence-corrected chi connectivity index (χ3v) is 3.06. The number of nitrogens with one attached hydrogen (secondary N) is 1. The van der Waals surface area contributed by atoms with Gasteiger partial charge in [0.1, 0.15) is 13.2 Å². The zero-order valence-corrected chi connectivity index (χ0v) is 13.0. The van der Waals surface area contributed by atoms with Gasteiger partial charge in [0, 0.05) is 13.2 Å². The molecular weight excluding hydrogens is 286 g/mol. The lowest BCUT2D eigenvalue weighted by Gasteiger charge is -2.21. The van der Waals surface area contributed by atoms with Gasteiger partial charge in [-0.15, -0.1) is 0 Å². The highest BCUT2D eigenvalue weighted by Gasteiger charge is 2.16. The van der Waals surface area contributed by atoms with E-state index in [0.717, 1.165) is 0 Å². The van der Waals surface area contributed by atoms with Crippen molar-refractivity contribution in [2.75, 3.05) is 26.4 Å². The number of benzene rings is 1. The van der Waals surface area contributed by atoms with E-state index in [9.17, 15) is 9.59 Å². The Hall–Kier alpha value is -2.08. The number of alkyl carbamates (subject to hydrolysis) is 1. The number of rotatable bonds is 8. The molecule has 0 fully saturated rings. The van der Waals surface area contributed by atoms with Crippen molar-refractivity contribution in [3.63, 3.8) is 0 Å². The lowest BCUT2D eigenvalue weighted by atomic mass is 9.91. The normalized spacial score (nSPS) is 10.9. The maximum absolute atomic E-state index is 11.6. The highest BCUT2D eigenvalue weighted by atomic mass is 16.6. The number of ether oxygens (including phenoxy) is 2. The fraction of sp³-hybridized carbons (Fsp3) is 0.500. The predicted octanol–water partition coefficient (Wildman–Crippen LogP) is 1.98.